The Hall–Kier alpha value is -3.30. The number of amides is 3. The van der Waals surface area contributed by atoms with Crippen LogP contribution >= 0.6 is 0 Å². The molecule has 37 heavy (non-hydrogen) atoms. The average molecular weight is 518 g/mol. The number of halogens is 2. The maximum absolute atomic E-state index is 14.2. The van der Waals surface area contributed by atoms with Crippen LogP contribution in [0.5, 0.6) is 0 Å². The second-order valence-corrected chi connectivity index (χ2v) is 10.2. The largest absolute Gasteiger partial charge is 0.345 e. The second kappa shape index (κ2) is 12.8. The molecule has 0 aliphatic carbocycles. The van der Waals surface area contributed by atoms with E-state index in [0.29, 0.717) is 30.4 Å². The Morgan fingerprint density at radius 1 is 1.16 bits per heavy atom. The molecule has 202 valence electrons. The van der Waals surface area contributed by atoms with E-state index in [4.69, 9.17) is 0 Å². The maximum Gasteiger partial charge on any atom is 0.243 e. The highest BCUT2D eigenvalue weighted by Gasteiger charge is 2.30. The Morgan fingerprint density at radius 2 is 1.92 bits per heavy atom. The lowest BCUT2D eigenvalue weighted by Crippen LogP contribution is -2.51. The molecule has 0 bridgehead atoms. The molecule has 1 saturated heterocycles. The molecule has 8 nitrogen and oxygen atoms in total. The van der Waals surface area contributed by atoms with Crippen LogP contribution < -0.4 is 10.6 Å². The lowest BCUT2D eigenvalue weighted by molar-refractivity contribution is -0.138. The molecule has 2 heterocycles. The number of rotatable bonds is 10. The summed E-state index contributed by atoms with van der Waals surface area (Å²) in [4.78, 5) is 47.8. The van der Waals surface area contributed by atoms with Gasteiger partial charge in [-0.05, 0) is 57.6 Å². The number of hydrogen-bond acceptors (Lipinski definition) is 4. The van der Waals surface area contributed by atoms with E-state index in [-0.39, 0.29) is 36.3 Å². The zero-order chi connectivity index (χ0) is 27.1. The van der Waals surface area contributed by atoms with Gasteiger partial charge in [0.25, 0.3) is 0 Å². The third-order valence-electron chi connectivity index (χ3n) is 6.69. The van der Waals surface area contributed by atoms with Crippen LogP contribution in [-0.4, -0.2) is 51.2 Å². The maximum atomic E-state index is 14.2. The first-order valence-corrected chi connectivity index (χ1v) is 12.9. The van der Waals surface area contributed by atoms with Gasteiger partial charge in [0, 0.05) is 30.6 Å². The molecule has 0 saturated carbocycles. The van der Waals surface area contributed by atoms with E-state index in [0.717, 1.165) is 31.4 Å². The number of carbonyl (C=O) groups is 3. The summed E-state index contributed by atoms with van der Waals surface area (Å²) in [6.07, 6.45) is 5.08. The summed E-state index contributed by atoms with van der Waals surface area (Å²) in [7, 11) is 0. The van der Waals surface area contributed by atoms with E-state index in [1.165, 1.54) is 12.3 Å². The van der Waals surface area contributed by atoms with Crippen molar-refractivity contribution in [2.24, 2.45) is 5.92 Å². The predicted octanol–water partition coefficient (Wildman–Crippen LogP) is 4.24. The molecule has 0 spiro atoms. The smallest absolute Gasteiger partial charge is 0.243 e. The molecule has 2 aromatic rings. The number of hydrogen-bond donors (Lipinski definition) is 3. The SMILES string of the molecule is CC(C)CCC(=O)N[C@@H](CC(=O)N1CCCC[C@@H]1C)C(=O)N[C@@H](C)c1ncc(-c2ccc(F)cc2F)[nH]1. The first-order chi connectivity index (χ1) is 17.5. The lowest BCUT2D eigenvalue weighted by atomic mass is 10.0. The Kier molecular flexibility index (Phi) is 9.77. The molecule has 1 fully saturated rings. The normalized spacial score (nSPS) is 17.4. The first-order valence-electron chi connectivity index (χ1n) is 12.9. The lowest BCUT2D eigenvalue weighted by Gasteiger charge is -2.34. The topological polar surface area (TPSA) is 107 Å². The number of benzene rings is 1. The molecule has 0 unspecified atom stereocenters. The Balaban J connectivity index is 1.70. The number of aromatic nitrogens is 2. The Bertz CT molecular complexity index is 1100. The molecule has 3 rings (SSSR count). The van der Waals surface area contributed by atoms with Gasteiger partial charge < -0.3 is 20.5 Å². The van der Waals surface area contributed by atoms with Gasteiger partial charge in [0.1, 0.15) is 23.5 Å². The molecule has 1 aromatic carbocycles. The van der Waals surface area contributed by atoms with Gasteiger partial charge in [-0.25, -0.2) is 13.8 Å². The van der Waals surface area contributed by atoms with E-state index in [2.05, 4.69) is 20.6 Å². The molecule has 0 radical (unpaired) electrons. The molecule has 1 aromatic heterocycles. The minimum absolute atomic E-state index is 0.0916. The van der Waals surface area contributed by atoms with Crippen molar-refractivity contribution in [3.05, 3.63) is 41.9 Å². The molecular formula is C27H37F2N5O3. The molecule has 3 atom stereocenters. The van der Waals surface area contributed by atoms with Gasteiger partial charge in [0.2, 0.25) is 17.7 Å². The highest BCUT2D eigenvalue weighted by Crippen LogP contribution is 2.23. The van der Waals surface area contributed by atoms with Gasteiger partial charge in [-0.15, -0.1) is 0 Å². The summed E-state index contributed by atoms with van der Waals surface area (Å²) in [5.74, 6) is -1.70. The minimum atomic E-state index is -1.03. The number of piperidine rings is 1. The van der Waals surface area contributed by atoms with Crippen molar-refractivity contribution in [3.8, 4) is 11.3 Å². The van der Waals surface area contributed by atoms with Crippen LogP contribution in [0.2, 0.25) is 0 Å². The van der Waals surface area contributed by atoms with Gasteiger partial charge in [0.15, 0.2) is 0 Å². The van der Waals surface area contributed by atoms with Gasteiger partial charge in [0.05, 0.1) is 24.4 Å². The third kappa shape index (κ3) is 7.84. The first kappa shape index (κ1) is 28.3. The minimum Gasteiger partial charge on any atom is -0.345 e. The van der Waals surface area contributed by atoms with Crippen molar-refractivity contribution >= 4 is 17.7 Å². The molecular weight excluding hydrogens is 480 g/mol. The summed E-state index contributed by atoms with van der Waals surface area (Å²) in [6.45, 7) is 8.34. The van der Waals surface area contributed by atoms with Crippen LogP contribution in [0.1, 0.15) is 78.1 Å². The fourth-order valence-corrected chi connectivity index (χ4v) is 4.44. The van der Waals surface area contributed by atoms with E-state index in [1.807, 2.05) is 20.8 Å². The fourth-order valence-electron chi connectivity index (χ4n) is 4.44. The molecule has 3 amide bonds. The van der Waals surface area contributed by atoms with Crippen LogP contribution in [0.15, 0.2) is 24.4 Å². The summed E-state index contributed by atoms with van der Waals surface area (Å²) >= 11 is 0. The number of nitrogens with zero attached hydrogens (tertiary/aromatic N) is 2. The number of H-pyrrole nitrogens is 1. The summed E-state index contributed by atoms with van der Waals surface area (Å²) in [5.41, 5.74) is 0.483. The summed E-state index contributed by atoms with van der Waals surface area (Å²) in [5, 5.41) is 5.55. The zero-order valence-electron chi connectivity index (χ0n) is 21.9. The van der Waals surface area contributed by atoms with Crippen molar-refractivity contribution in [2.45, 2.75) is 84.3 Å². The highest BCUT2D eigenvalue weighted by molar-refractivity contribution is 5.92. The monoisotopic (exact) mass is 517 g/mol. The van der Waals surface area contributed by atoms with Crippen molar-refractivity contribution < 1.29 is 23.2 Å². The molecule has 1 aliphatic heterocycles. The average Bonchev–Trinajstić information content (AvgIpc) is 3.32. The van der Waals surface area contributed by atoms with E-state index >= 15 is 0 Å². The quantitative estimate of drug-likeness (QED) is 0.438. The van der Waals surface area contributed by atoms with Crippen molar-refractivity contribution in [1.82, 2.24) is 25.5 Å². The molecule has 10 heteroatoms. The number of aromatic amines is 1. The summed E-state index contributed by atoms with van der Waals surface area (Å²) < 4.78 is 27.4. The number of imidazole rings is 1. The van der Waals surface area contributed by atoms with Gasteiger partial charge in [-0.3, -0.25) is 14.4 Å². The number of nitrogens with one attached hydrogen (secondary N) is 3. The third-order valence-corrected chi connectivity index (χ3v) is 6.69. The van der Waals surface area contributed by atoms with Crippen LogP contribution in [0.4, 0.5) is 8.78 Å². The van der Waals surface area contributed by atoms with Crippen LogP contribution in [-0.2, 0) is 14.4 Å². The van der Waals surface area contributed by atoms with Crippen LogP contribution in [0, 0.1) is 17.6 Å². The predicted molar refractivity (Wildman–Crippen MR) is 136 cm³/mol. The Labute approximate surface area is 216 Å². The Morgan fingerprint density at radius 3 is 2.59 bits per heavy atom. The van der Waals surface area contributed by atoms with Gasteiger partial charge in [-0.1, -0.05) is 13.8 Å². The second-order valence-electron chi connectivity index (χ2n) is 10.2. The van der Waals surface area contributed by atoms with E-state index in [9.17, 15) is 23.2 Å². The van der Waals surface area contributed by atoms with Crippen molar-refractivity contribution in [2.75, 3.05) is 6.54 Å². The standard InChI is InChI=1S/C27H37F2N5O3/c1-16(2)8-11-24(35)32-22(14-25(36)34-12-6-5-7-17(34)3)27(37)31-18(4)26-30-15-23(33-26)20-10-9-19(28)13-21(20)29/h9-10,13,15-18,22H,5-8,11-12,14H2,1-4H3,(H,30,33)(H,31,37)(H,32,35)/t17-,18-,22-/m0/s1. The summed E-state index contributed by atoms with van der Waals surface area (Å²) in [6, 6.07) is 1.68. The molecule has 1 aliphatic rings. The van der Waals surface area contributed by atoms with Crippen molar-refractivity contribution in [1.29, 1.82) is 0 Å². The number of carbonyl (C=O) groups excluding carboxylic acids is 3. The molecule has 3 N–H and O–H groups in total. The fraction of sp³-hybridized carbons (Fsp3) is 0.556. The number of likely N-dealkylation sites (tertiary alicyclic amines) is 1. The van der Waals surface area contributed by atoms with Crippen LogP contribution in [0.3, 0.4) is 0 Å². The van der Waals surface area contributed by atoms with Crippen molar-refractivity contribution in [3.63, 3.8) is 0 Å². The highest BCUT2D eigenvalue weighted by atomic mass is 19.1. The zero-order valence-corrected chi connectivity index (χ0v) is 21.9. The van der Waals surface area contributed by atoms with E-state index < -0.39 is 29.6 Å². The van der Waals surface area contributed by atoms with Crippen LogP contribution in [0.25, 0.3) is 11.3 Å². The van der Waals surface area contributed by atoms with Gasteiger partial charge in [-0.2, -0.15) is 0 Å². The van der Waals surface area contributed by atoms with Gasteiger partial charge >= 0.3 is 0 Å². The van der Waals surface area contributed by atoms with E-state index in [1.54, 1.807) is 11.8 Å².